The van der Waals surface area contributed by atoms with E-state index in [1.807, 2.05) is 6.07 Å². The van der Waals surface area contributed by atoms with Gasteiger partial charge in [0.05, 0.1) is 5.41 Å². The van der Waals surface area contributed by atoms with Crippen molar-refractivity contribution in [2.45, 2.75) is 25.7 Å². The minimum absolute atomic E-state index is 0.249. The maximum absolute atomic E-state index is 11.4. The summed E-state index contributed by atoms with van der Waals surface area (Å²) >= 11 is 0. The van der Waals surface area contributed by atoms with Gasteiger partial charge in [-0.2, -0.15) is 0 Å². The highest BCUT2D eigenvalue weighted by molar-refractivity contribution is 5.85. The maximum Gasteiger partial charge on any atom is 0.314 e. The molecule has 3 nitrogen and oxygen atoms in total. The van der Waals surface area contributed by atoms with Crippen LogP contribution in [-0.2, 0) is 10.2 Å². The van der Waals surface area contributed by atoms with Gasteiger partial charge in [-0.05, 0) is 29.9 Å². The van der Waals surface area contributed by atoms with Gasteiger partial charge in [-0.3, -0.25) is 9.78 Å². The van der Waals surface area contributed by atoms with E-state index in [9.17, 15) is 9.90 Å². The number of nitrogens with zero attached hydrogens (tertiary/aromatic N) is 1. The summed E-state index contributed by atoms with van der Waals surface area (Å²) in [5.74, 6) is -0.0605. The molecule has 0 aromatic carbocycles. The number of aliphatic carboxylic acids is 1. The molecule has 3 heteroatoms. The molecule has 2 rings (SSSR count). The lowest BCUT2D eigenvalue weighted by Gasteiger charge is -2.14. The molecule has 0 radical (unpaired) electrons. The minimum Gasteiger partial charge on any atom is -0.481 e. The van der Waals surface area contributed by atoms with E-state index in [4.69, 9.17) is 0 Å². The highest BCUT2D eigenvalue weighted by Gasteiger charge is 2.62. The second-order valence-corrected chi connectivity index (χ2v) is 4.57. The smallest absolute Gasteiger partial charge is 0.314 e. The van der Waals surface area contributed by atoms with Crippen LogP contribution in [0.25, 0.3) is 0 Å². The van der Waals surface area contributed by atoms with Gasteiger partial charge in [0.15, 0.2) is 0 Å². The zero-order chi connectivity index (χ0) is 11.1. The number of pyridine rings is 1. The van der Waals surface area contributed by atoms with Gasteiger partial charge in [0.2, 0.25) is 0 Å². The van der Waals surface area contributed by atoms with E-state index >= 15 is 0 Å². The minimum atomic E-state index is -0.714. The lowest BCUT2D eigenvalue weighted by atomic mass is 9.91. The van der Waals surface area contributed by atoms with E-state index in [1.54, 1.807) is 18.5 Å². The Morgan fingerprint density at radius 2 is 2.40 bits per heavy atom. The first-order valence-electron chi connectivity index (χ1n) is 5.23. The van der Waals surface area contributed by atoms with Crippen molar-refractivity contribution >= 4 is 5.97 Å². The number of carboxylic acid groups (broad SMARTS) is 1. The molecule has 1 aromatic rings. The Labute approximate surface area is 89.2 Å². The summed E-state index contributed by atoms with van der Waals surface area (Å²) in [6, 6.07) is 3.67. The Balaban J connectivity index is 2.36. The van der Waals surface area contributed by atoms with Crippen LogP contribution in [0, 0.1) is 11.8 Å². The predicted molar refractivity (Wildman–Crippen MR) is 56.5 cm³/mol. The highest BCUT2D eigenvalue weighted by Crippen LogP contribution is 2.57. The third-order valence-corrected chi connectivity index (χ3v) is 3.38. The van der Waals surface area contributed by atoms with E-state index < -0.39 is 11.4 Å². The zero-order valence-corrected chi connectivity index (χ0v) is 8.97. The fraction of sp³-hybridized carbons (Fsp3) is 0.500. The predicted octanol–water partition coefficient (Wildman–Crippen LogP) is 2.08. The summed E-state index contributed by atoms with van der Waals surface area (Å²) in [5.41, 5.74) is 0.179. The van der Waals surface area contributed by atoms with E-state index in [1.165, 1.54) is 0 Å². The van der Waals surface area contributed by atoms with Crippen LogP contribution in [0.3, 0.4) is 0 Å². The first-order chi connectivity index (χ1) is 7.09. The molecule has 1 N–H and O–H groups in total. The van der Waals surface area contributed by atoms with Gasteiger partial charge >= 0.3 is 5.97 Å². The van der Waals surface area contributed by atoms with Crippen LogP contribution in [-0.4, -0.2) is 16.1 Å². The number of hydrogen-bond donors (Lipinski definition) is 1. The van der Waals surface area contributed by atoms with Crippen LogP contribution < -0.4 is 0 Å². The van der Waals surface area contributed by atoms with Gasteiger partial charge in [0.25, 0.3) is 0 Å². The van der Waals surface area contributed by atoms with Crippen molar-refractivity contribution in [2.75, 3.05) is 0 Å². The molecule has 1 aliphatic rings. The van der Waals surface area contributed by atoms with E-state index in [2.05, 4.69) is 18.8 Å². The van der Waals surface area contributed by atoms with Crippen molar-refractivity contribution in [1.29, 1.82) is 0 Å². The fourth-order valence-corrected chi connectivity index (χ4v) is 2.42. The van der Waals surface area contributed by atoms with Gasteiger partial charge in [-0.25, -0.2) is 0 Å². The monoisotopic (exact) mass is 205 g/mol. The normalized spacial score (nSPS) is 29.1. The van der Waals surface area contributed by atoms with Gasteiger partial charge in [0, 0.05) is 12.4 Å². The molecule has 1 fully saturated rings. The maximum atomic E-state index is 11.4. The summed E-state index contributed by atoms with van der Waals surface area (Å²) in [6.45, 7) is 4.15. The Morgan fingerprint density at radius 1 is 1.67 bits per heavy atom. The highest BCUT2D eigenvalue weighted by atomic mass is 16.4. The Kier molecular flexibility index (Phi) is 2.25. The number of carbonyl (C=O) groups is 1. The van der Waals surface area contributed by atoms with E-state index in [-0.39, 0.29) is 5.92 Å². The fourth-order valence-electron chi connectivity index (χ4n) is 2.42. The molecule has 0 amide bonds. The molecule has 2 unspecified atom stereocenters. The SMILES string of the molecule is CC(C)C1CC1(C(=O)O)c1cccnc1. The Bertz CT molecular complexity index is 374. The molecular formula is C12H15NO2. The van der Waals surface area contributed by atoms with Crippen molar-refractivity contribution in [3.8, 4) is 0 Å². The summed E-state index contributed by atoms with van der Waals surface area (Å²) < 4.78 is 0. The molecule has 0 spiro atoms. The zero-order valence-electron chi connectivity index (χ0n) is 8.97. The third-order valence-electron chi connectivity index (χ3n) is 3.38. The molecule has 1 aromatic heterocycles. The number of hydrogen-bond acceptors (Lipinski definition) is 2. The van der Waals surface area contributed by atoms with Crippen molar-refractivity contribution in [1.82, 2.24) is 4.98 Å². The second kappa shape index (κ2) is 3.33. The second-order valence-electron chi connectivity index (χ2n) is 4.57. The molecule has 0 saturated heterocycles. The molecular weight excluding hydrogens is 190 g/mol. The quantitative estimate of drug-likeness (QED) is 0.821. The van der Waals surface area contributed by atoms with Crippen molar-refractivity contribution in [3.63, 3.8) is 0 Å². The van der Waals surface area contributed by atoms with Crippen LogP contribution in [0.4, 0.5) is 0 Å². The molecule has 1 aliphatic carbocycles. The molecule has 1 saturated carbocycles. The lowest BCUT2D eigenvalue weighted by molar-refractivity contribution is -0.140. The topological polar surface area (TPSA) is 50.2 Å². The number of carboxylic acids is 1. The molecule has 1 heterocycles. The van der Waals surface area contributed by atoms with Gasteiger partial charge in [-0.15, -0.1) is 0 Å². The lowest BCUT2D eigenvalue weighted by Crippen LogP contribution is -2.24. The summed E-state index contributed by atoms with van der Waals surface area (Å²) in [7, 11) is 0. The summed E-state index contributed by atoms with van der Waals surface area (Å²) in [6.07, 6.45) is 4.09. The summed E-state index contributed by atoms with van der Waals surface area (Å²) in [5, 5.41) is 9.35. The van der Waals surface area contributed by atoms with Crippen molar-refractivity contribution < 1.29 is 9.90 Å². The van der Waals surface area contributed by atoms with Crippen LogP contribution in [0.5, 0.6) is 0 Å². The number of rotatable bonds is 3. The average Bonchev–Trinajstić information content (AvgIpc) is 2.95. The van der Waals surface area contributed by atoms with Crippen LogP contribution in [0.2, 0.25) is 0 Å². The van der Waals surface area contributed by atoms with Crippen molar-refractivity contribution in [3.05, 3.63) is 30.1 Å². The first kappa shape index (κ1) is 10.1. The number of aromatic nitrogens is 1. The van der Waals surface area contributed by atoms with Crippen LogP contribution >= 0.6 is 0 Å². The molecule has 15 heavy (non-hydrogen) atoms. The van der Waals surface area contributed by atoms with Gasteiger partial charge < -0.3 is 5.11 Å². The molecule has 0 aliphatic heterocycles. The van der Waals surface area contributed by atoms with Crippen LogP contribution in [0.15, 0.2) is 24.5 Å². The Hall–Kier alpha value is -1.38. The first-order valence-corrected chi connectivity index (χ1v) is 5.23. The largest absolute Gasteiger partial charge is 0.481 e. The molecule has 80 valence electrons. The van der Waals surface area contributed by atoms with Crippen molar-refractivity contribution in [2.24, 2.45) is 11.8 Å². The van der Waals surface area contributed by atoms with Crippen LogP contribution in [0.1, 0.15) is 25.8 Å². The van der Waals surface area contributed by atoms with E-state index in [0.717, 1.165) is 12.0 Å². The van der Waals surface area contributed by atoms with Gasteiger partial charge in [0.1, 0.15) is 0 Å². The Morgan fingerprint density at radius 3 is 2.80 bits per heavy atom. The molecule has 0 bridgehead atoms. The third kappa shape index (κ3) is 1.42. The molecule has 2 atom stereocenters. The van der Waals surface area contributed by atoms with Gasteiger partial charge in [-0.1, -0.05) is 19.9 Å². The van der Waals surface area contributed by atoms with E-state index in [0.29, 0.717) is 5.92 Å². The average molecular weight is 205 g/mol. The standard InChI is InChI=1S/C12H15NO2/c1-8(2)10-6-12(10,11(14)15)9-4-3-5-13-7-9/h3-5,7-8,10H,6H2,1-2H3,(H,14,15). The summed E-state index contributed by atoms with van der Waals surface area (Å²) in [4.78, 5) is 15.4.